The summed E-state index contributed by atoms with van der Waals surface area (Å²) in [5.74, 6) is 1.10. The van der Waals surface area contributed by atoms with Gasteiger partial charge in [0.15, 0.2) is 0 Å². The molecule has 0 bridgehead atoms. The van der Waals surface area contributed by atoms with Crippen molar-refractivity contribution in [2.24, 2.45) is 18.9 Å². The highest BCUT2D eigenvalue weighted by atomic mass is 16.3. The van der Waals surface area contributed by atoms with E-state index in [0.29, 0.717) is 11.8 Å². The molecule has 0 saturated heterocycles. The van der Waals surface area contributed by atoms with Crippen molar-refractivity contribution in [2.75, 3.05) is 0 Å². The first-order valence-corrected chi connectivity index (χ1v) is 6.40. The van der Waals surface area contributed by atoms with Gasteiger partial charge in [-0.05, 0) is 24.3 Å². The van der Waals surface area contributed by atoms with Crippen LogP contribution in [0.2, 0.25) is 0 Å². The average Bonchev–Trinajstić information content (AvgIpc) is 2.74. The van der Waals surface area contributed by atoms with Gasteiger partial charge >= 0.3 is 0 Å². The van der Waals surface area contributed by atoms with Crippen LogP contribution in [0.1, 0.15) is 50.8 Å². The van der Waals surface area contributed by atoms with Gasteiger partial charge < -0.3 is 5.11 Å². The summed E-state index contributed by atoms with van der Waals surface area (Å²) in [5, 5.41) is 14.6. The van der Waals surface area contributed by atoms with Gasteiger partial charge in [-0.25, -0.2) is 0 Å². The molecule has 2 rings (SSSR count). The number of aliphatic hydroxyl groups excluding tert-OH is 1. The van der Waals surface area contributed by atoms with Gasteiger partial charge in [0.1, 0.15) is 0 Å². The molecule has 0 aliphatic heterocycles. The van der Waals surface area contributed by atoms with Crippen molar-refractivity contribution in [3.05, 3.63) is 18.0 Å². The Balaban J connectivity index is 2.13. The smallest absolute Gasteiger partial charge is 0.0987 e. The number of nitrogens with zero attached hydrogens (tertiary/aromatic N) is 2. The van der Waals surface area contributed by atoms with Crippen LogP contribution in [0.15, 0.2) is 12.3 Å². The lowest BCUT2D eigenvalue weighted by Gasteiger charge is -2.34. The van der Waals surface area contributed by atoms with E-state index < -0.39 is 0 Å². The normalized spacial score (nSPS) is 27.9. The van der Waals surface area contributed by atoms with Crippen LogP contribution in [-0.4, -0.2) is 14.9 Å². The quantitative estimate of drug-likeness (QED) is 0.853. The lowest BCUT2D eigenvalue weighted by molar-refractivity contribution is 0.0395. The second-order valence-electron chi connectivity index (χ2n) is 4.94. The van der Waals surface area contributed by atoms with Crippen LogP contribution in [0.25, 0.3) is 0 Å². The summed E-state index contributed by atoms with van der Waals surface area (Å²) in [6.45, 7) is 2.24. The van der Waals surface area contributed by atoms with Gasteiger partial charge in [0.25, 0.3) is 0 Å². The minimum atomic E-state index is -0.335. The molecule has 0 radical (unpaired) electrons. The van der Waals surface area contributed by atoms with E-state index in [4.69, 9.17) is 0 Å². The van der Waals surface area contributed by atoms with Crippen LogP contribution in [0.5, 0.6) is 0 Å². The fraction of sp³-hybridized carbons (Fsp3) is 0.769. The van der Waals surface area contributed by atoms with Crippen molar-refractivity contribution in [3.8, 4) is 0 Å². The molecule has 1 heterocycles. The van der Waals surface area contributed by atoms with Crippen LogP contribution in [0.4, 0.5) is 0 Å². The van der Waals surface area contributed by atoms with E-state index in [0.717, 1.165) is 12.1 Å². The highest BCUT2D eigenvalue weighted by molar-refractivity contribution is 5.06. The molecule has 3 atom stereocenters. The maximum absolute atomic E-state index is 10.5. The molecular weight excluding hydrogens is 200 g/mol. The highest BCUT2D eigenvalue weighted by Crippen LogP contribution is 2.39. The molecule has 16 heavy (non-hydrogen) atoms. The summed E-state index contributed by atoms with van der Waals surface area (Å²) in [4.78, 5) is 0. The molecule has 90 valence electrons. The van der Waals surface area contributed by atoms with Crippen LogP contribution < -0.4 is 0 Å². The zero-order valence-corrected chi connectivity index (χ0v) is 10.3. The van der Waals surface area contributed by atoms with Gasteiger partial charge in [0.2, 0.25) is 0 Å². The predicted molar refractivity (Wildman–Crippen MR) is 63.9 cm³/mol. The first-order valence-electron chi connectivity index (χ1n) is 6.40. The van der Waals surface area contributed by atoms with Gasteiger partial charge in [-0.3, -0.25) is 4.68 Å². The Morgan fingerprint density at radius 2 is 2.25 bits per heavy atom. The second-order valence-corrected chi connectivity index (χ2v) is 4.94. The standard InChI is InChI=1S/C13H22N2O/c1-3-10-6-4-5-7-11(10)13(16)12-8-9-14-15(12)2/h8-11,13,16H,3-7H2,1-2H3. The lowest BCUT2D eigenvalue weighted by Crippen LogP contribution is -2.26. The predicted octanol–water partition coefficient (Wildman–Crippen LogP) is 2.67. The van der Waals surface area contributed by atoms with Gasteiger partial charge in [-0.2, -0.15) is 5.10 Å². The van der Waals surface area contributed by atoms with Crippen LogP contribution in [-0.2, 0) is 7.05 Å². The van der Waals surface area contributed by atoms with E-state index >= 15 is 0 Å². The Hall–Kier alpha value is -0.830. The highest BCUT2D eigenvalue weighted by Gasteiger charge is 2.31. The maximum Gasteiger partial charge on any atom is 0.0987 e. The van der Waals surface area contributed by atoms with Crippen molar-refractivity contribution in [2.45, 2.75) is 45.1 Å². The molecule has 3 nitrogen and oxygen atoms in total. The van der Waals surface area contributed by atoms with Crippen molar-refractivity contribution < 1.29 is 5.11 Å². The summed E-state index contributed by atoms with van der Waals surface area (Å²) in [6, 6.07) is 1.94. The molecule has 1 aliphatic carbocycles. The fourth-order valence-corrected chi connectivity index (χ4v) is 3.05. The summed E-state index contributed by atoms with van der Waals surface area (Å²) in [7, 11) is 1.91. The summed E-state index contributed by atoms with van der Waals surface area (Å²) in [5.41, 5.74) is 0.963. The Kier molecular flexibility index (Phi) is 3.64. The molecule has 3 unspecified atom stereocenters. The van der Waals surface area contributed by atoms with Crippen LogP contribution in [0.3, 0.4) is 0 Å². The molecule has 1 aliphatic rings. The third kappa shape index (κ3) is 2.14. The number of aliphatic hydroxyl groups is 1. The van der Waals surface area contributed by atoms with Gasteiger partial charge in [-0.1, -0.05) is 32.6 Å². The first-order chi connectivity index (χ1) is 7.74. The number of aromatic nitrogens is 2. The topological polar surface area (TPSA) is 38.1 Å². The molecular formula is C13H22N2O. The van der Waals surface area contributed by atoms with E-state index in [1.54, 1.807) is 10.9 Å². The molecule has 1 aromatic heterocycles. The van der Waals surface area contributed by atoms with Crippen molar-refractivity contribution in [3.63, 3.8) is 0 Å². The number of hydrogen-bond acceptors (Lipinski definition) is 2. The molecule has 0 spiro atoms. The zero-order chi connectivity index (χ0) is 11.5. The summed E-state index contributed by atoms with van der Waals surface area (Å²) in [6.07, 6.45) is 7.63. The first kappa shape index (κ1) is 11.6. The van der Waals surface area contributed by atoms with Crippen LogP contribution >= 0.6 is 0 Å². The molecule has 1 N–H and O–H groups in total. The Bertz CT molecular complexity index is 334. The van der Waals surface area contributed by atoms with Gasteiger partial charge in [0, 0.05) is 13.2 Å². The lowest BCUT2D eigenvalue weighted by atomic mass is 9.74. The molecule has 0 amide bonds. The Morgan fingerprint density at radius 3 is 2.88 bits per heavy atom. The van der Waals surface area contributed by atoms with E-state index in [-0.39, 0.29) is 6.10 Å². The van der Waals surface area contributed by atoms with Crippen molar-refractivity contribution in [1.82, 2.24) is 9.78 Å². The third-order valence-corrected chi connectivity index (χ3v) is 4.06. The largest absolute Gasteiger partial charge is 0.387 e. The van der Waals surface area contributed by atoms with Crippen LogP contribution in [0, 0.1) is 11.8 Å². The average molecular weight is 222 g/mol. The molecule has 1 fully saturated rings. The second kappa shape index (κ2) is 5.00. The van der Waals surface area contributed by atoms with E-state index in [9.17, 15) is 5.11 Å². The minimum absolute atomic E-state index is 0.335. The van der Waals surface area contributed by atoms with Crippen molar-refractivity contribution >= 4 is 0 Å². The zero-order valence-electron chi connectivity index (χ0n) is 10.3. The fourth-order valence-electron chi connectivity index (χ4n) is 3.05. The number of hydrogen-bond donors (Lipinski definition) is 1. The monoisotopic (exact) mass is 222 g/mol. The number of rotatable bonds is 3. The SMILES string of the molecule is CCC1CCCCC1C(O)c1ccnn1C. The Morgan fingerprint density at radius 1 is 1.50 bits per heavy atom. The van der Waals surface area contributed by atoms with E-state index in [2.05, 4.69) is 12.0 Å². The van der Waals surface area contributed by atoms with Crippen molar-refractivity contribution in [1.29, 1.82) is 0 Å². The van der Waals surface area contributed by atoms with Gasteiger partial charge in [0.05, 0.1) is 11.8 Å². The Labute approximate surface area is 97.5 Å². The van der Waals surface area contributed by atoms with E-state index in [1.165, 1.54) is 25.7 Å². The third-order valence-electron chi connectivity index (χ3n) is 4.06. The number of aryl methyl sites for hydroxylation is 1. The summed E-state index contributed by atoms with van der Waals surface area (Å²) < 4.78 is 1.80. The molecule has 3 heteroatoms. The van der Waals surface area contributed by atoms with E-state index in [1.807, 2.05) is 13.1 Å². The molecule has 1 saturated carbocycles. The molecule has 1 aromatic rings. The van der Waals surface area contributed by atoms with Gasteiger partial charge in [-0.15, -0.1) is 0 Å². The molecule has 0 aromatic carbocycles. The summed E-state index contributed by atoms with van der Waals surface area (Å²) >= 11 is 0. The maximum atomic E-state index is 10.5. The minimum Gasteiger partial charge on any atom is -0.387 e.